The first kappa shape index (κ1) is 6.37. The maximum atomic E-state index is 5.47. The average Bonchev–Trinajstić information content (AvgIpc) is 2.42. The van der Waals surface area contributed by atoms with Crippen LogP contribution in [-0.2, 0) is 4.74 Å². The minimum Gasteiger partial charge on any atom is -0.370 e. The molecule has 0 radical (unpaired) electrons. The van der Waals surface area contributed by atoms with Gasteiger partial charge in [-0.25, -0.2) is 0 Å². The Hall–Kier alpha value is 0.250. The lowest BCUT2D eigenvalue weighted by Gasteiger charge is -1.86. The highest BCUT2D eigenvalue weighted by molar-refractivity contribution is 6.17. The van der Waals surface area contributed by atoms with E-state index < -0.39 is 0 Å². The van der Waals surface area contributed by atoms with Gasteiger partial charge in [0, 0.05) is 5.88 Å². The Kier molecular flexibility index (Phi) is 2.15. The molecule has 0 aromatic rings. The number of ether oxygens (including phenoxy) is 1. The second-order valence-corrected chi connectivity index (χ2v) is 2.59. The number of hydrogen-bond acceptors (Lipinski definition) is 1. The number of rotatable bonds is 3. The zero-order chi connectivity index (χ0) is 5.98. The van der Waals surface area contributed by atoms with E-state index in [0.717, 1.165) is 18.7 Å². The van der Waals surface area contributed by atoms with Crippen LogP contribution >= 0.6 is 11.6 Å². The third-order valence-electron chi connectivity index (χ3n) is 1.46. The van der Waals surface area contributed by atoms with Crippen molar-refractivity contribution in [3.8, 4) is 0 Å². The fourth-order valence-electron chi connectivity index (χ4n) is 0.811. The fourth-order valence-corrected chi connectivity index (χ4v) is 0.966. The van der Waals surface area contributed by atoms with E-state index in [9.17, 15) is 0 Å². The van der Waals surface area contributed by atoms with E-state index in [2.05, 4.69) is 6.92 Å². The molecule has 0 aliphatic carbocycles. The van der Waals surface area contributed by atoms with Crippen LogP contribution in [0, 0.1) is 0 Å². The Labute approximate surface area is 55.0 Å². The molecule has 0 bridgehead atoms. The first-order chi connectivity index (χ1) is 3.84. The van der Waals surface area contributed by atoms with E-state index in [1.165, 1.54) is 0 Å². The molecule has 0 aromatic heterocycles. The van der Waals surface area contributed by atoms with Crippen molar-refractivity contribution in [2.24, 2.45) is 0 Å². The van der Waals surface area contributed by atoms with Crippen molar-refractivity contribution >= 4 is 11.6 Å². The lowest BCUT2D eigenvalue weighted by atomic mass is 10.2. The summed E-state index contributed by atoms with van der Waals surface area (Å²) in [5, 5.41) is 0. The fraction of sp³-hybridized carbons (Fsp3) is 1.00. The first-order valence-corrected chi connectivity index (χ1v) is 3.59. The molecule has 0 saturated carbocycles. The van der Waals surface area contributed by atoms with Crippen molar-refractivity contribution in [2.45, 2.75) is 32.0 Å². The summed E-state index contributed by atoms with van der Waals surface area (Å²) < 4.78 is 5.16. The van der Waals surface area contributed by atoms with Gasteiger partial charge in [-0.05, 0) is 19.8 Å². The third kappa shape index (κ3) is 1.64. The molecule has 2 heteroatoms. The third-order valence-corrected chi connectivity index (χ3v) is 1.73. The standard InChI is InChI=1S/C6H11ClO/c1-5-6(8-5)3-2-4-7/h5-6H,2-4H2,1H3/t5-,6-/m0/s1. The molecule has 2 atom stereocenters. The highest BCUT2D eigenvalue weighted by Crippen LogP contribution is 2.25. The van der Waals surface area contributed by atoms with Crippen molar-refractivity contribution in [1.29, 1.82) is 0 Å². The van der Waals surface area contributed by atoms with Gasteiger partial charge in [0.1, 0.15) is 0 Å². The summed E-state index contributed by atoms with van der Waals surface area (Å²) in [6.45, 7) is 2.10. The van der Waals surface area contributed by atoms with Crippen LogP contribution in [0.15, 0.2) is 0 Å². The van der Waals surface area contributed by atoms with Gasteiger partial charge in [-0.3, -0.25) is 0 Å². The molecule has 1 heterocycles. The first-order valence-electron chi connectivity index (χ1n) is 3.06. The molecule has 0 spiro atoms. The van der Waals surface area contributed by atoms with Crippen LogP contribution in [-0.4, -0.2) is 18.1 Å². The molecule has 48 valence electrons. The van der Waals surface area contributed by atoms with Crippen molar-refractivity contribution in [2.75, 3.05) is 5.88 Å². The zero-order valence-corrected chi connectivity index (χ0v) is 5.82. The van der Waals surface area contributed by atoms with Gasteiger partial charge in [-0.2, -0.15) is 0 Å². The summed E-state index contributed by atoms with van der Waals surface area (Å²) in [6, 6.07) is 0. The van der Waals surface area contributed by atoms with Crippen molar-refractivity contribution in [1.82, 2.24) is 0 Å². The largest absolute Gasteiger partial charge is 0.370 e. The topological polar surface area (TPSA) is 12.5 Å². The van der Waals surface area contributed by atoms with Crippen LogP contribution < -0.4 is 0 Å². The second kappa shape index (κ2) is 2.70. The van der Waals surface area contributed by atoms with Crippen LogP contribution in [0.25, 0.3) is 0 Å². The molecule has 0 unspecified atom stereocenters. The van der Waals surface area contributed by atoms with E-state index in [-0.39, 0.29) is 0 Å². The maximum Gasteiger partial charge on any atom is 0.0839 e. The summed E-state index contributed by atoms with van der Waals surface area (Å²) in [5.41, 5.74) is 0. The Balaban J connectivity index is 1.89. The molecular formula is C6H11ClO. The molecule has 1 saturated heterocycles. The van der Waals surface area contributed by atoms with Crippen LogP contribution in [0.4, 0.5) is 0 Å². The number of hydrogen-bond donors (Lipinski definition) is 0. The lowest BCUT2D eigenvalue weighted by molar-refractivity contribution is 0.369. The summed E-state index contributed by atoms with van der Waals surface area (Å²) >= 11 is 5.47. The molecule has 0 amide bonds. The van der Waals surface area contributed by atoms with Crippen molar-refractivity contribution < 1.29 is 4.74 Å². The van der Waals surface area contributed by atoms with Crippen LogP contribution in [0.1, 0.15) is 19.8 Å². The van der Waals surface area contributed by atoms with Gasteiger partial charge in [-0.1, -0.05) is 0 Å². The summed E-state index contributed by atoms with van der Waals surface area (Å²) in [4.78, 5) is 0. The summed E-state index contributed by atoms with van der Waals surface area (Å²) in [6.07, 6.45) is 3.29. The highest BCUT2D eigenvalue weighted by atomic mass is 35.5. The highest BCUT2D eigenvalue weighted by Gasteiger charge is 2.32. The van der Waals surface area contributed by atoms with E-state index in [4.69, 9.17) is 16.3 Å². The van der Waals surface area contributed by atoms with Gasteiger partial charge in [0.15, 0.2) is 0 Å². The lowest BCUT2D eigenvalue weighted by Crippen LogP contribution is -1.88. The quantitative estimate of drug-likeness (QED) is 0.424. The molecule has 0 aromatic carbocycles. The SMILES string of the molecule is C[C@@H]1O[C@H]1CCCCl. The van der Waals surface area contributed by atoms with Gasteiger partial charge in [0.2, 0.25) is 0 Å². The minimum absolute atomic E-state index is 0.512. The molecule has 0 N–H and O–H groups in total. The molecule has 1 rings (SSSR count). The van der Waals surface area contributed by atoms with Crippen LogP contribution in [0.5, 0.6) is 0 Å². The van der Waals surface area contributed by atoms with E-state index in [1.54, 1.807) is 0 Å². The van der Waals surface area contributed by atoms with Gasteiger partial charge < -0.3 is 4.74 Å². The Morgan fingerprint density at radius 1 is 1.62 bits per heavy atom. The Morgan fingerprint density at radius 3 is 2.62 bits per heavy atom. The van der Waals surface area contributed by atoms with Gasteiger partial charge in [-0.15, -0.1) is 11.6 Å². The molecule has 1 aliphatic rings. The van der Waals surface area contributed by atoms with E-state index >= 15 is 0 Å². The maximum absolute atomic E-state index is 5.47. The smallest absolute Gasteiger partial charge is 0.0839 e. The van der Waals surface area contributed by atoms with Gasteiger partial charge >= 0.3 is 0 Å². The number of epoxide rings is 1. The molecule has 1 aliphatic heterocycles. The van der Waals surface area contributed by atoms with E-state index in [1.807, 2.05) is 0 Å². The predicted molar refractivity (Wildman–Crippen MR) is 34.3 cm³/mol. The van der Waals surface area contributed by atoms with Crippen LogP contribution in [0.3, 0.4) is 0 Å². The Morgan fingerprint density at radius 2 is 2.25 bits per heavy atom. The monoisotopic (exact) mass is 134 g/mol. The number of alkyl halides is 1. The second-order valence-electron chi connectivity index (χ2n) is 2.21. The normalized spacial score (nSPS) is 35.2. The van der Waals surface area contributed by atoms with Crippen LogP contribution in [0.2, 0.25) is 0 Å². The molecule has 1 fully saturated rings. The van der Waals surface area contributed by atoms with E-state index in [0.29, 0.717) is 12.2 Å². The summed E-state index contributed by atoms with van der Waals surface area (Å²) in [7, 11) is 0. The number of halogens is 1. The molecular weight excluding hydrogens is 124 g/mol. The van der Waals surface area contributed by atoms with Gasteiger partial charge in [0.25, 0.3) is 0 Å². The predicted octanol–water partition coefficient (Wildman–Crippen LogP) is 1.79. The molecule has 1 nitrogen and oxygen atoms in total. The molecule has 8 heavy (non-hydrogen) atoms. The minimum atomic E-state index is 0.512. The Bertz CT molecular complexity index is 74.9. The average molecular weight is 135 g/mol. The summed E-state index contributed by atoms with van der Waals surface area (Å²) in [5.74, 6) is 0.770. The zero-order valence-electron chi connectivity index (χ0n) is 5.06. The van der Waals surface area contributed by atoms with Crippen molar-refractivity contribution in [3.05, 3.63) is 0 Å². The van der Waals surface area contributed by atoms with Crippen molar-refractivity contribution in [3.63, 3.8) is 0 Å². The van der Waals surface area contributed by atoms with Gasteiger partial charge in [0.05, 0.1) is 12.2 Å².